The molecule has 1 N–H and O–H groups in total. The van der Waals surface area contributed by atoms with Crippen LogP contribution in [0.5, 0.6) is 11.5 Å². The Labute approximate surface area is 194 Å². The lowest BCUT2D eigenvalue weighted by Gasteiger charge is -2.37. The van der Waals surface area contributed by atoms with E-state index < -0.39 is 12.1 Å². The molecule has 2 saturated heterocycles. The SMILES string of the molecule is CC(C)CC(NC(=O)c1cccc(Oc2ccccc2)c1)C(=O)N1CCCC2OCC(=O)C21. The summed E-state index contributed by atoms with van der Waals surface area (Å²) >= 11 is 0. The summed E-state index contributed by atoms with van der Waals surface area (Å²) in [5.74, 6) is 0.757. The maximum Gasteiger partial charge on any atom is 0.252 e. The number of amides is 2. The van der Waals surface area contributed by atoms with Crippen molar-refractivity contribution in [1.82, 2.24) is 10.2 Å². The molecular weight excluding hydrogens is 420 g/mol. The Kier molecular flexibility index (Phi) is 7.08. The number of hydrogen-bond donors (Lipinski definition) is 1. The van der Waals surface area contributed by atoms with Crippen LogP contribution in [0, 0.1) is 5.92 Å². The third-order valence-corrected chi connectivity index (χ3v) is 6.01. The maximum absolute atomic E-state index is 13.5. The number of ketones is 1. The molecule has 7 nitrogen and oxygen atoms in total. The first-order valence-electron chi connectivity index (χ1n) is 11.5. The van der Waals surface area contributed by atoms with Crippen LogP contribution >= 0.6 is 0 Å². The molecule has 4 rings (SSSR count). The molecule has 0 aromatic heterocycles. The van der Waals surface area contributed by atoms with Crippen molar-refractivity contribution in [3.8, 4) is 11.5 Å². The van der Waals surface area contributed by atoms with Gasteiger partial charge in [0.2, 0.25) is 5.91 Å². The summed E-state index contributed by atoms with van der Waals surface area (Å²) in [6.45, 7) is 4.56. The normalized spacial score (nSPS) is 20.9. The lowest BCUT2D eigenvalue weighted by atomic mass is 9.95. The molecule has 0 spiro atoms. The van der Waals surface area contributed by atoms with E-state index in [1.54, 1.807) is 29.2 Å². The van der Waals surface area contributed by atoms with Gasteiger partial charge in [0.15, 0.2) is 5.78 Å². The molecule has 2 heterocycles. The largest absolute Gasteiger partial charge is 0.457 e. The number of hydrogen-bond acceptors (Lipinski definition) is 5. The van der Waals surface area contributed by atoms with E-state index in [2.05, 4.69) is 5.32 Å². The predicted molar refractivity (Wildman–Crippen MR) is 123 cm³/mol. The summed E-state index contributed by atoms with van der Waals surface area (Å²) in [5.41, 5.74) is 0.404. The highest BCUT2D eigenvalue weighted by molar-refractivity contribution is 5.99. The lowest BCUT2D eigenvalue weighted by Crippen LogP contribution is -2.58. The van der Waals surface area contributed by atoms with Crippen molar-refractivity contribution in [2.75, 3.05) is 13.2 Å². The molecule has 0 radical (unpaired) electrons. The number of fused-ring (bicyclic) bond motifs is 1. The van der Waals surface area contributed by atoms with Gasteiger partial charge >= 0.3 is 0 Å². The number of carbonyl (C=O) groups is 3. The fraction of sp³-hybridized carbons (Fsp3) is 0.423. The second kappa shape index (κ2) is 10.2. The standard InChI is InChI=1S/C26H30N2O5/c1-17(2)14-21(26(31)28-13-7-12-23-24(28)22(29)16-32-23)27-25(30)18-8-6-11-20(15-18)33-19-9-4-3-5-10-19/h3-6,8-11,15,17,21,23-24H,7,12-14,16H2,1-2H3,(H,27,30). The number of benzene rings is 2. The second-order valence-corrected chi connectivity index (χ2v) is 9.03. The first-order valence-corrected chi connectivity index (χ1v) is 11.5. The lowest BCUT2D eigenvalue weighted by molar-refractivity contribution is -0.142. The molecule has 33 heavy (non-hydrogen) atoms. The first-order chi connectivity index (χ1) is 15.9. The van der Waals surface area contributed by atoms with E-state index in [-0.39, 0.29) is 36.2 Å². The van der Waals surface area contributed by atoms with Gasteiger partial charge in [-0.2, -0.15) is 0 Å². The Morgan fingerprint density at radius 1 is 1.12 bits per heavy atom. The molecule has 2 fully saturated rings. The minimum absolute atomic E-state index is 0.0501. The zero-order valence-corrected chi connectivity index (χ0v) is 19.0. The first kappa shape index (κ1) is 23.0. The highest BCUT2D eigenvalue weighted by Gasteiger charge is 2.45. The molecule has 2 aromatic carbocycles. The zero-order valence-electron chi connectivity index (χ0n) is 19.0. The molecular formula is C26H30N2O5. The van der Waals surface area contributed by atoms with Gasteiger partial charge in [-0.15, -0.1) is 0 Å². The molecule has 2 amide bonds. The monoisotopic (exact) mass is 450 g/mol. The molecule has 2 aliphatic heterocycles. The molecule has 0 aliphatic carbocycles. The van der Waals surface area contributed by atoms with E-state index in [9.17, 15) is 14.4 Å². The number of rotatable bonds is 7. The van der Waals surface area contributed by atoms with Gasteiger partial charge in [0.05, 0.1) is 6.10 Å². The molecule has 3 unspecified atom stereocenters. The van der Waals surface area contributed by atoms with Crippen LogP contribution in [0.1, 0.15) is 43.5 Å². The zero-order chi connectivity index (χ0) is 23.4. The molecule has 2 aromatic rings. The topological polar surface area (TPSA) is 84.9 Å². The molecule has 174 valence electrons. The van der Waals surface area contributed by atoms with Gasteiger partial charge in [-0.25, -0.2) is 0 Å². The van der Waals surface area contributed by atoms with Crippen molar-refractivity contribution in [2.24, 2.45) is 5.92 Å². The molecule has 0 bridgehead atoms. The number of ether oxygens (including phenoxy) is 2. The van der Waals surface area contributed by atoms with Gasteiger partial charge < -0.3 is 19.7 Å². The number of para-hydroxylation sites is 1. The molecule has 7 heteroatoms. The van der Waals surface area contributed by atoms with Gasteiger partial charge in [0.1, 0.15) is 30.2 Å². The fourth-order valence-corrected chi connectivity index (χ4v) is 4.50. The Morgan fingerprint density at radius 2 is 1.88 bits per heavy atom. The van der Waals surface area contributed by atoms with Gasteiger partial charge in [0, 0.05) is 12.1 Å². The highest BCUT2D eigenvalue weighted by atomic mass is 16.5. The van der Waals surface area contributed by atoms with Crippen molar-refractivity contribution in [2.45, 2.75) is 51.3 Å². The van der Waals surface area contributed by atoms with Crippen LogP contribution in [-0.4, -0.2) is 53.8 Å². The van der Waals surface area contributed by atoms with Crippen molar-refractivity contribution < 1.29 is 23.9 Å². The number of likely N-dealkylation sites (tertiary alicyclic amines) is 1. The number of carbonyl (C=O) groups excluding carboxylic acids is 3. The summed E-state index contributed by atoms with van der Waals surface area (Å²) < 4.78 is 11.4. The van der Waals surface area contributed by atoms with Gasteiger partial charge in [-0.3, -0.25) is 14.4 Å². The van der Waals surface area contributed by atoms with Gasteiger partial charge in [0.25, 0.3) is 5.91 Å². The van der Waals surface area contributed by atoms with Crippen molar-refractivity contribution >= 4 is 17.6 Å². The summed E-state index contributed by atoms with van der Waals surface area (Å²) in [4.78, 5) is 40.6. The van der Waals surface area contributed by atoms with Crippen molar-refractivity contribution in [3.63, 3.8) is 0 Å². The maximum atomic E-state index is 13.5. The van der Waals surface area contributed by atoms with Crippen LogP contribution in [-0.2, 0) is 14.3 Å². The fourth-order valence-electron chi connectivity index (χ4n) is 4.50. The third kappa shape index (κ3) is 5.42. The van der Waals surface area contributed by atoms with Crippen LogP contribution < -0.4 is 10.1 Å². The Morgan fingerprint density at radius 3 is 2.64 bits per heavy atom. The Bertz CT molecular complexity index is 1010. The molecule has 0 saturated carbocycles. The van der Waals surface area contributed by atoms with Crippen LogP contribution in [0.25, 0.3) is 0 Å². The number of Topliss-reactive ketones (excluding diaryl/α,β-unsaturated/α-hetero) is 1. The number of nitrogens with zero attached hydrogens (tertiary/aromatic N) is 1. The van der Waals surface area contributed by atoms with Crippen molar-refractivity contribution in [1.29, 1.82) is 0 Å². The summed E-state index contributed by atoms with van der Waals surface area (Å²) in [5, 5.41) is 2.91. The van der Waals surface area contributed by atoms with E-state index in [4.69, 9.17) is 9.47 Å². The van der Waals surface area contributed by atoms with Crippen molar-refractivity contribution in [3.05, 3.63) is 60.2 Å². The smallest absolute Gasteiger partial charge is 0.252 e. The number of nitrogens with one attached hydrogen (secondary N) is 1. The summed E-state index contributed by atoms with van der Waals surface area (Å²) in [7, 11) is 0. The third-order valence-electron chi connectivity index (χ3n) is 6.01. The molecule has 3 atom stereocenters. The van der Waals surface area contributed by atoms with E-state index in [0.717, 1.165) is 12.8 Å². The quantitative estimate of drug-likeness (QED) is 0.697. The minimum Gasteiger partial charge on any atom is -0.457 e. The van der Waals surface area contributed by atoms with Crippen LogP contribution in [0.4, 0.5) is 0 Å². The van der Waals surface area contributed by atoms with Crippen LogP contribution in [0.3, 0.4) is 0 Å². The van der Waals surface area contributed by atoms with E-state index >= 15 is 0 Å². The highest BCUT2D eigenvalue weighted by Crippen LogP contribution is 2.28. The van der Waals surface area contributed by atoms with E-state index in [0.29, 0.717) is 30.0 Å². The van der Waals surface area contributed by atoms with Gasteiger partial charge in [-0.05, 0) is 55.5 Å². The van der Waals surface area contributed by atoms with Gasteiger partial charge in [-0.1, -0.05) is 38.1 Å². The predicted octanol–water partition coefficient (Wildman–Crippen LogP) is 3.58. The Balaban J connectivity index is 1.49. The van der Waals surface area contributed by atoms with E-state index in [1.807, 2.05) is 44.2 Å². The minimum atomic E-state index is -0.719. The average molecular weight is 451 g/mol. The second-order valence-electron chi connectivity index (χ2n) is 9.03. The number of piperidine rings is 1. The van der Waals surface area contributed by atoms with E-state index in [1.165, 1.54) is 0 Å². The summed E-state index contributed by atoms with van der Waals surface area (Å²) in [6, 6.07) is 14.9. The summed E-state index contributed by atoms with van der Waals surface area (Å²) in [6.07, 6.45) is 1.79. The molecule has 2 aliphatic rings. The van der Waals surface area contributed by atoms with Crippen LogP contribution in [0.15, 0.2) is 54.6 Å². The Hall–Kier alpha value is -3.19. The average Bonchev–Trinajstić information content (AvgIpc) is 3.20. The van der Waals surface area contributed by atoms with Crippen LogP contribution in [0.2, 0.25) is 0 Å².